The van der Waals surface area contributed by atoms with Crippen LogP contribution in [0.25, 0.3) is 32.9 Å². The summed E-state index contributed by atoms with van der Waals surface area (Å²) in [4.78, 5) is 12.1. The van der Waals surface area contributed by atoms with Crippen molar-refractivity contribution in [1.82, 2.24) is 15.0 Å². The number of hydrogen-bond donors (Lipinski definition) is 2. The lowest BCUT2D eigenvalue weighted by Crippen LogP contribution is -2.11. The van der Waals surface area contributed by atoms with Crippen molar-refractivity contribution in [2.24, 2.45) is 0 Å². The molecule has 0 amide bonds. The highest BCUT2D eigenvalue weighted by atomic mass is 16.5. The first-order valence-electron chi connectivity index (χ1n) is 9.47. The molecule has 0 atom stereocenters. The lowest BCUT2D eigenvalue weighted by Gasteiger charge is -2.11. The van der Waals surface area contributed by atoms with Crippen LogP contribution < -0.4 is 10.1 Å². The number of aromatic nitrogens is 3. The Labute approximate surface area is 157 Å². The Balaban J connectivity index is 1.58. The van der Waals surface area contributed by atoms with Crippen LogP contribution in [0.15, 0.2) is 48.9 Å². The molecule has 0 radical (unpaired) electrons. The normalized spacial score (nSPS) is 14.2. The minimum atomic E-state index is 0.298. The van der Waals surface area contributed by atoms with Crippen LogP contribution in [-0.2, 0) is 0 Å². The van der Waals surface area contributed by atoms with Crippen molar-refractivity contribution in [1.29, 1.82) is 0 Å². The molecule has 5 heteroatoms. The van der Waals surface area contributed by atoms with Crippen LogP contribution in [-0.4, -0.2) is 27.1 Å². The van der Waals surface area contributed by atoms with Gasteiger partial charge in [-0.05, 0) is 61.2 Å². The molecule has 0 spiro atoms. The van der Waals surface area contributed by atoms with E-state index < -0.39 is 0 Å². The molecule has 1 fully saturated rings. The van der Waals surface area contributed by atoms with Crippen LogP contribution in [0.2, 0.25) is 0 Å². The highest BCUT2D eigenvalue weighted by Crippen LogP contribution is 2.35. The summed E-state index contributed by atoms with van der Waals surface area (Å²) in [7, 11) is 0. The van der Waals surface area contributed by atoms with Crippen LogP contribution in [0.4, 0.5) is 5.82 Å². The largest absolute Gasteiger partial charge is 0.490 e. The van der Waals surface area contributed by atoms with E-state index in [4.69, 9.17) is 4.74 Å². The van der Waals surface area contributed by atoms with Gasteiger partial charge in [-0.1, -0.05) is 18.2 Å². The van der Waals surface area contributed by atoms with Crippen LogP contribution >= 0.6 is 0 Å². The maximum Gasteiger partial charge on any atom is 0.143 e. The molecule has 0 unspecified atom stereocenters. The van der Waals surface area contributed by atoms with Crippen molar-refractivity contribution < 1.29 is 4.74 Å². The van der Waals surface area contributed by atoms with Crippen molar-refractivity contribution in [3.63, 3.8) is 0 Å². The predicted molar refractivity (Wildman–Crippen MR) is 109 cm³/mol. The van der Waals surface area contributed by atoms with Crippen LogP contribution in [0, 0.1) is 0 Å². The third-order valence-corrected chi connectivity index (χ3v) is 4.85. The molecule has 1 aliphatic carbocycles. The van der Waals surface area contributed by atoms with E-state index in [1.165, 1.54) is 23.6 Å². The Morgan fingerprint density at radius 1 is 1.07 bits per heavy atom. The number of benzene rings is 2. The van der Waals surface area contributed by atoms with E-state index in [1.807, 2.05) is 6.20 Å². The number of nitrogens with one attached hydrogen (secondary N) is 2. The first kappa shape index (κ1) is 16.1. The number of ether oxygens (including phenoxy) is 1. The van der Waals surface area contributed by atoms with Gasteiger partial charge < -0.3 is 15.0 Å². The monoisotopic (exact) mass is 358 g/mol. The second-order valence-electron chi connectivity index (χ2n) is 7.49. The summed E-state index contributed by atoms with van der Waals surface area (Å²) >= 11 is 0. The van der Waals surface area contributed by atoms with Gasteiger partial charge in [0.2, 0.25) is 0 Å². The molecule has 0 bridgehead atoms. The van der Waals surface area contributed by atoms with Gasteiger partial charge in [0.05, 0.1) is 11.5 Å². The zero-order valence-electron chi connectivity index (χ0n) is 15.5. The lowest BCUT2D eigenvalue weighted by atomic mass is 10.0. The summed E-state index contributed by atoms with van der Waals surface area (Å²) in [6, 6.07) is 13.1. The fourth-order valence-corrected chi connectivity index (χ4v) is 3.42. The number of H-pyrrole nitrogens is 1. The highest BCUT2D eigenvalue weighted by Gasteiger charge is 2.23. The minimum Gasteiger partial charge on any atom is -0.490 e. The van der Waals surface area contributed by atoms with E-state index in [2.05, 4.69) is 70.5 Å². The van der Waals surface area contributed by atoms with Gasteiger partial charge in [-0.15, -0.1) is 0 Å². The van der Waals surface area contributed by atoms with Gasteiger partial charge in [0.25, 0.3) is 0 Å². The second-order valence-corrected chi connectivity index (χ2v) is 7.49. The summed E-state index contributed by atoms with van der Waals surface area (Å²) in [5.74, 6) is 1.82. The SMILES string of the molecule is CC(C)Nc1ncnc2[nH]cc(-c3ccc4cc(OC5CC5)ccc4c3)c12. The van der Waals surface area contributed by atoms with Crippen molar-refractivity contribution in [3.05, 3.63) is 48.9 Å². The molecule has 27 heavy (non-hydrogen) atoms. The van der Waals surface area contributed by atoms with E-state index in [0.29, 0.717) is 12.1 Å². The Morgan fingerprint density at radius 2 is 1.89 bits per heavy atom. The van der Waals surface area contributed by atoms with E-state index in [9.17, 15) is 0 Å². The fourth-order valence-electron chi connectivity index (χ4n) is 3.42. The first-order valence-corrected chi connectivity index (χ1v) is 9.47. The topological polar surface area (TPSA) is 62.8 Å². The van der Waals surface area contributed by atoms with Crippen LogP contribution in [0.3, 0.4) is 0 Å². The quantitative estimate of drug-likeness (QED) is 0.518. The summed E-state index contributed by atoms with van der Waals surface area (Å²) in [5, 5.41) is 6.84. The molecule has 1 aliphatic rings. The maximum atomic E-state index is 5.92. The molecule has 5 nitrogen and oxygen atoms in total. The Hall–Kier alpha value is -3.08. The van der Waals surface area contributed by atoms with E-state index >= 15 is 0 Å². The number of anilines is 1. The van der Waals surface area contributed by atoms with Crippen LogP contribution in [0.5, 0.6) is 5.75 Å². The number of aromatic amines is 1. The number of nitrogens with zero attached hydrogens (tertiary/aromatic N) is 2. The number of fused-ring (bicyclic) bond motifs is 2. The average Bonchev–Trinajstić information content (AvgIpc) is 3.36. The average molecular weight is 358 g/mol. The summed E-state index contributed by atoms with van der Waals surface area (Å²) in [6.07, 6.45) is 6.37. The fraction of sp³-hybridized carbons (Fsp3) is 0.273. The molecule has 2 heterocycles. The van der Waals surface area contributed by atoms with Crippen molar-refractivity contribution in [3.8, 4) is 16.9 Å². The Morgan fingerprint density at radius 3 is 2.70 bits per heavy atom. The first-order chi connectivity index (χ1) is 13.2. The highest BCUT2D eigenvalue weighted by molar-refractivity contribution is 6.02. The zero-order valence-corrected chi connectivity index (χ0v) is 15.5. The third-order valence-electron chi connectivity index (χ3n) is 4.85. The number of hydrogen-bond acceptors (Lipinski definition) is 4. The molecular weight excluding hydrogens is 336 g/mol. The van der Waals surface area contributed by atoms with E-state index in [1.54, 1.807) is 6.33 Å². The van der Waals surface area contributed by atoms with Crippen molar-refractivity contribution in [2.45, 2.75) is 38.8 Å². The third kappa shape index (κ3) is 3.10. The predicted octanol–water partition coefficient (Wildman–Crippen LogP) is 5.14. The van der Waals surface area contributed by atoms with Gasteiger partial charge in [0.1, 0.15) is 23.5 Å². The molecular formula is C22H22N4O. The van der Waals surface area contributed by atoms with Gasteiger partial charge in [-0.3, -0.25) is 0 Å². The molecule has 0 saturated heterocycles. The molecule has 136 valence electrons. The molecule has 2 N–H and O–H groups in total. The van der Waals surface area contributed by atoms with Gasteiger partial charge in [0, 0.05) is 17.8 Å². The van der Waals surface area contributed by atoms with Crippen molar-refractivity contribution >= 4 is 27.6 Å². The second kappa shape index (κ2) is 6.27. The number of rotatable bonds is 5. The Kier molecular flexibility index (Phi) is 3.74. The minimum absolute atomic E-state index is 0.298. The maximum absolute atomic E-state index is 5.92. The Bertz CT molecular complexity index is 1130. The van der Waals surface area contributed by atoms with Crippen molar-refractivity contribution in [2.75, 3.05) is 5.32 Å². The standard InChI is InChI=1S/C22H22N4O/c1-13(2)26-22-20-19(11-23-21(20)24-12-25-22)16-4-3-15-10-18(27-17-7-8-17)6-5-14(15)9-16/h3-6,9-13,17H,7-8H2,1-2H3,(H2,23,24,25,26). The van der Waals surface area contributed by atoms with E-state index in [-0.39, 0.29) is 0 Å². The molecule has 2 aromatic heterocycles. The summed E-state index contributed by atoms with van der Waals surface area (Å²) < 4.78 is 5.92. The lowest BCUT2D eigenvalue weighted by molar-refractivity contribution is 0.303. The van der Waals surface area contributed by atoms with Gasteiger partial charge in [-0.25, -0.2) is 9.97 Å². The molecule has 4 aromatic rings. The molecule has 0 aliphatic heterocycles. The van der Waals surface area contributed by atoms with Crippen LogP contribution in [0.1, 0.15) is 26.7 Å². The molecule has 1 saturated carbocycles. The van der Waals surface area contributed by atoms with Gasteiger partial charge >= 0.3 is 0 Å². The molecule has 5 rings (SSSR count). The summed E-state index contributed by atoms with van der Waals surface area (Å²) in [5.41, 5.74) is 3.09. The van der Waals surface area contributed by atoms with E-state index in [0.717, 1.165) is 33.7 Å². The van der Waals surface area contributed by atoms with Gasteiger partial charge in [-0.2, -0.15) is 0 Å². The zero-order chi connectivity index (χ0) is 18.4. The smallest absolute Gasteiger partial charge is 0.143 e. The summed E-state index contributed by atoms with van der Waals surface area (Å²) in [6.45, 7) is 4.22. The molecule has 2 aromatic carbocycles. The van der Waals surface area contributed by atoms with Gasteiger partial charge in [0.15, 0.2) is 0 Å².